The highest BCUT2D eigenvalue weighted by Crippen LogP contribution is 2.46. The van der Waals surface area contributed by atoms with Crippen molar-refractivity contribution in [3.63, 3.8) is 0 Å². The Morgan fingerprint density at radius 3 is 2.52 bits per heavy atom. The van der Waals surface area contributed by atoms with Crippen LogP contribution in [0.1, 0.15) is 96.1 Å². The number of hydrazine groups is 2. The Morgan fingerprint density at radius 2 is 1.79 bits per heavy atom. The van der Waals surface area contributed by atoms with Gasteiger partial charge in [0.1, 0.15) is 24.4 Å². The number of epoxide rings is 1. The molecule has 3 aliphatic heterocycles. The van der Waals surface area contributed by atoms with E-state index in [-0.39, 0.29) is 54.2 Å². The highest BCUT2D eigenvalue weighted by molar-refractivity contribution is 5.94. The van der Waals surface area contributed by atoms with Crippen LogP contribution in [0.2, 0.25) is 0 Å². The van der Waals surface area contributed by atoms with Crippen molar-refractivity contribution in [3.8, 4) is 0 Å². The largest absolute Gasteiger partial charge is 0.395 e. The van der Waals surface area contributed by atoms with Crippen LogP contribution < -0.4 is 22.3 Å². The lowest BCUT2D eigenvalue weighted by Crippen LogP contribution is -2.53. The number of nitrogens with zero attached hydrogens (tertiary/aromatic N) is 5. The van der Waals surface area contributed by atoms with Gasteiger partial charge in [0, 0.05) is 31.1 Å². The van der Waals surface area contributed by atoms with E-state index in [9.17, 15) is 19.8 Å². The van der Waals surface area contributed by atoms with Gasteiger partial charge < -0.3 is 19.8 Å². The molecule has 6 aliphatic rings. The van der Waals surface area contributed by atoms with E-state index in [1.54, 1.807) is 0 Å². The molecule has 234 valence electrons. The Labute approximate surface area is 245 Å². The fourth-order valence-corrected chi connectivity index (χ4v) is 8.41. The summed E-state index contributed by atoms with van der Waals surface area (Å²) in [6.45, 7) is 3.14. The first-order chi connectivity index (χ1) is 20.5. The summed E-state index contributed by atoms with van der Waals surface area (Å²) in [5.74, 6) is 0.410. The van der Waals surface area contributed by atoms with Crippen LogP contribution >= 0.6 is 0 Å². The van der Waals surface area contributed by atoms with Gasteiger partial charge in [0.05, 0.1) is 24.4 Å². The van der Waals surface area contributed by atoms with Crippen LogP contribution in [-0.4, -0.2) is 84.5 Å². The topological polar surface area (TPSA) is 151 Å². The number of fused-ring (bicyclic) bond motifs is 4. The number of aliphatic hydroxyl groups is 2. The van der Waals surface area contributed by atoms with Crippen molar-refractivity contribution >= 4 is 5.71 Å². The third-order valence-electron chi connectivity index (χ3n) is 10.9. The van der Waals surface area contributed by atoms with Crippen LogP contribution in [0.15, 0.2) is 14.7 Å². The molecule has 0 spiro atoms. The van der Waals surface area contributed by atoms with Crippen LogP contribution in [0.3, 0.4) is 0 Å². The summed E-state index contributed by atoms with van der Waals surface area (Å²) in [6.07, 6.45) is 10.8. The zero-order chi connectivity index (χ0) is 29.0. The van der Waals surface area contributed by atoms with Crippen molar-refractivity contribution in [3.05, 3.63) is 21.0 Å². The zero-order valence-corrected chi connectivity index (χ0v) is 24.6. The summed E-state index contributed by atoms with van der Waals surface area (Å²) in [4.78, 5) is 33.1. The molecule has 0 bridgehead atoms. The predicted octanol–water partition coefficient (Wildman–Crippen LogP) is 0.805. The molecule has 2 saturated heterocycles. The molecule has 42 heavy (non-hydrogen) atoms. The quantitative estimate of drug-likeness (QED) is 0.255. The van der Waals surface area contributed by atoms with Gasteiger partial charge in [0.2, 0.25) is 0 Å². The predicted molar refractivity (Wildman–Crippen MR) is 154 cm³/mol. The van der Waals surface area contributed by atoms with Crippen LogP contribution in [0.25, 0.3) is 0 Å². The van der Waals surface area contributed by atoms with E-state index in [0.717, 1.165) is 38.5 Å². The summed E-state index contributed by atoms with van der Waals surface area (Å²) in [7, 11) is 0. The van der Waals surface area contributed by atoms with Crippen molar-refractivity contribution in [2.45, 2.75) is 139 Å². The second-order valence-corrected chi connectivity index (χ2v) is 13.5. The number of ether oxygens (including phenoxy) is 1. The second kappa shape index (κ2) is 11.8. The summed E-state index contributed by atoms with van der Waals surface area (Å²) in [5, 5.41) is 28.1. The van der Waals surface area contributed by atoms with Gasteiger partial charge >= 0.3 is 11.4 Å². The molecule has 5 fully saturated rings. The Balaban J connectivity index is 1.05. The molecule has 8 atom stereocenters. The first-order valence-corrected chi connectivity index (χ1v) is 16.4. The fourth-order valence-electron chi connectivity index (χ4n) is 8.41. The molecular weight excluding hydrogens is 542 g/mol. The van der Waals surface area contributed by atoms with Gasteiger partial charge in [-0.3, -0.25) is 0 Å². The normalized spacial score (nSPS) is 36.3. The molecule has 0 aromatic carbocycles. The number of rotatable bonds is 8. The maximum absolute atomic E-state index is 13.7. The summed E-state index contributed by atoms with van der Waals surface area (Å²) in [5.41, 5.74) is 6.67. The minimum absolute atomic E-state index is 0.0423. The van der Waals surface area contributed by atoms with Crippen molar-refractivity contribution in [1.29, 1.82) is 0 Å². The number of hydrogen-bond acceptors (Lipinski definition) is 10. The van der Waals surface area contributed by atoms with Crippen molar-refractivity contribution in [2.75, 3.05) is 13.2 Å². The highest BCUT2D eigenvalue weighted by Gasteiger charge is 2.61. The molecule has 0 radical (unpaired) electrons. The molecule has 13 heteroatoms. The zero-order valence-electron chi connectivity index (χ0n) is 24.6. The van der Waals surface area contributed by atoms with E-state index in [4.69, 9.17) is 9.57 Å². The fraction of sp³-hybridized carbons (Fsp3) is 0.897. The number of oxime groups is 1. The molecule has 7 rings (SSSR count). The molecule has 1 aromatic heterocycles. The van der Waals surface area contributed by atoms with Gasteiger partial charge in [0.15, 0.2) is 0 Å². The van der Waals surface area contributed by atoms with E-state index in [1.807, 2.05) is 6.92 Å². The van der Waals surface area contributed by atoms with Gasteiger partial charge in [-0.2, -0.15) is 5.53 Å². The number of nitrogens with one attached hydrogen (secondary N) is 2. The number of aromatic nitrogens is 3. The first kappa shape index (κ1) is 28.7. The molecule has 4 heterocycles. The molecule has 3 saturated carbocycles. The minimum Gasteiger partial charge on any atom is -0.395 e. The van der Waals surface area contributed by atoms with Gasteiger partial charge in [-0.25, -0.2) is 34.0 Å². The second-order valence-electron chi connectivity index (χ2n) is 13.5. The average molecular weight is 590 g/mol. The third-order valence-corrected chi connectivity index (χ3v) is 10.9. The number of hydrogen-bond donors (Lipinski definition) is 4. The Kier molecular flexibility index (Phi) is 8.08. The smallest absolute Gasteiger partial charge is 0.347 e. The van der Waals surface area contributed by atoms with Gasteiger partial charge in [-0.1, -0.05) is 56.5 Å². The lowest BCUT2D eigenvalue weighted by atomic mass is 9.78. The highest BCUT2D eigenvalue weighted by atomic mass is 16.6. The van der Waals surface area contributed by atoms with E-state index >= 15 is 0 Å². The van der Waals surface area contributed by atoms with Crippen LogP contribution in [0, 0.1) is 11.8 Å². The van der Waals surface area contributed by atoms with Gasteiger partial charge in [-0.05, 0) is 38.5 Å². The Hall–Kier alpha value is -2.03. The monoisotopic (exact) mass is 589 g/mol. The summed E-state index contributed by atoms with van der Waals surface area (Å²) in [6, 6.07) is -0.688. The molecular formula is C29H47N7O6. The molecule has 4 N–H and O–H groups in total. The van der Waals surface area contributed by atoms with Crippen molar-refractivity contribution in [2.24, 2.45) is 17.0 Å². The van der Waals surface area contributed by atoms with Gasteiger partial charge in [0.25, 0.3) is 0 Å². The SMILES string of the molecule is C[C@H](O/N=C1/[C@H]2CCn3c(=O)n(C4CCCCC4)c(=O)n3[C@H]2[C@H](O)[C@@H]2O[C@H]12)C1CN([C@H](CO)CC2CCCCC2)NN1. The van der Waals surface area contributed by atoms with Crippen LogP contribution in [0.4, 0.5) is 0 Å². The summed E-state index contributed by atoms with van der Waals surface area (Å²) >= 11 is 0. The lowest BCUT2D eigenvalue weighted by molar-refractivity contribution is 0.0255. The number of aliphatic hydroxyl groups excluding tert-OH is 2. The first-order valence-electron chi connectivity index (χ1n) is 16.4. The summed E-state index contributed by atoms with van der Waals surface area (Å²) < 4.78 is 10.3. The standard InChI is InChI=1S/C29H47N7O6/c1-17(22-15-33(32-30-22)20(16-37)14-18-8-4-2-5-9-18)42-31-23-21-12-13-34-28(39)35(19-10-6-3-7-11-19)29(40)36(34)24(21)25(38)27-26(23)41-27/h17-22,24-27,30,32,37-38H,2-16H2,1H3/b31-23-/t17-,20-,21+,22?,24+,25-,26+,27-/m0/s1. The maximum Gasteiger partial charge on any atom is 0.347 e. The molecule has 3 aliphatic carbocycles. The minimum atomic E-state index is -0.893. The van der Waals surface area contributed by atoms with E-state index in [2.05, 4.69) is 21.1 Å². The maximum atomic E-state index is 13.7. The van der Waals surface area contributed by atoms with E-state index < -0.39 is 18.2 Å². The lowest BCUT2D eigenvalue weighted by Gasteiger charge is -2.38. The Bertz CT molecular complexity index is 1260. The van der Waals surface area contributed by atoms with Gasteiger partial charge in [-0.15, -0.1) is 0 Å². The van der Waals surface area contributed by atoms with E-state index in [1.165, 1.54) is 46.0 Å². The molecule has 1 unspecified atom stereocenters. The molecule has 0 amide bonds. The van der Waals surface area contributed by atoms with E-state index in [0.29, 0.717) is 31.1 Å². The van der Waals surface area contributed by atoms with Crippen molar-refractivity contribution in [1.82, 2.24) is 29.9 Å². The average Bonchev–Trinajstić information content (AvgIpc) is 3.59. The third kappa shape index (κ3) is 5.09. The van der Waals surface area contributed by atoms with Crippen LogP contribution in [-0.2, 0) is 16.1 Å². The van der Waals surface area contributed by atoms with Crippen molar-refractivity contribution < 1.29 is 19.8 Å². The Morgan fingerprint density at radius 1 is 1.05 bits per heavy atom. The molecule has 1 aromatic rings. The molecule has 13 nitrogen and oxygen atoms in total. The van der Waals surface area contributed by atoms with Crippen LogP contribution in [0.5, 0.6) is 0 Å².